The Hall–Kier alpha value is -2.83. The lowest BCUT2D eigenvalue weighted by Crippen LogP contribution is -2.42. The third-order valence-electron chi connectivity index (χ3n) is 3.91. The Morgan fingerprint density at radius 2 is 2.30 bits per heavy atom. The summed E-state index contributed by atoms with van der Waals surface area (Å²) >= 11 is 0. The summed E-state index contributed by atoms with van der Waals surface area (Å²) in [5, 5.41) is 12.3. The highest BCUT2D eigenvalue weighted by molar-refractivity contribution is 5.91. The number of H-pyrrole nitrogens is 1. The van der Waals surface area contributed by atoms with Crippen molar-refractivity contribution < 1.29 is 14.7 Å². The molecule has 0 aliphatic carbocycles. The number of hydrogen-bond donors (Lipinski definition) is 3. The number of aromatic nitrogens is 2. The zero-order valence-electron chi connectivity index (χ0n) is 12.6. The van der Waals surface area contributed by atoms with Gasteiger partial charge < -0.3 is 20.3 Å². The Balaban J connectivity index is 1.64. The number of aromatic amines is 1. The fourth-order valence-electron chi connectivity index (χ4n) is 2.71. The number of rotatable bonds is 4. The molecule has 0 bridgehead atoms. The number of pyridine rings is 1. The van der Waals surface area contributed by atoms with Gasteiger partial charge in [-0.05, 0) is 24.1 Å². The third-order valence-corrected chi connectivity index (χ3v) is 3.91. The van der Waals surface area contributed by atoms with Crippen LogP contribution in [0.2, 0.25) is 0 Å². The minimum Gasteiger partial charge on any atom is -0.481 e. The molecule has 3 N–H and O–H groups in total. The average Bonchev–Trinajstić information content (AvgIpc) is 2.98. The Morgan fingerprint density at radius 1 is 1.43 bits per heavy atom. The predicted octanol–water partition coefficient (Wildman–Crippen LogP) is 1.84. The number of hydrogen-bond acceptors (Lipinski definition) is 3. The summed E-state index contributed by atoms with van der Waals surface area (Å²) in [5.74, 6) is -0.918. The van der Waals surface area contributed by atoms with E-state index < -0.39 is 5.97 Å². The van der Waals surface area contributed by atoms with E-state index >= 15 is 0 Å². The second kappa shape index (κ2) is 6.51. The van der Waals surface area contributed by atoms with Crippen LogP contribution < -0.4 is 5.32 Å². The lowest BCUT2D eigenvalue weighted by Gasteiger charge is -2.26. The smallest absolute Gasteiger partial charge is 0.317 e. The average molecular weight is 314 g/mol. The van der Waals surface area contributed by atoms with Gasteiger partial charge in [0.25, 0.3) is 0 Å². The van der Waals surface area contributed by atoms with Crippen molar-refractivity contribution in [3.63, 3.8) is 0 Å². The van der Waals surface area contributed by atoms with Crippen LogP contribution in [0, 0.1) is 0 Å². The van der Waals surface area contributed by atoms with Gasteiger partial charge in [-0.15, -0.1) is 0 Å². The topological polar surface area (TPSA) is 98.3 Å². The van der Waals surface area contributed by atoms with Crippen molar-refractivity contribution in [3.05, 3.63) is 36.2 Å². The Bertz CT molecular complexity index is 766. The SMILES string of the molecule is O=C(O)CCNC(=O)N1CC=C(c2c[nH]c3ncccc23)CC1. The van der Waals surface area contributed by atoms with Gasteiger partial charge >= 0.3 is 12.0 Å². The molecular formula is C16H18N4O3. The highest BCUT2D eigenvalue weighted by Gasteiger charge is 2.19. The number of amides is 2. The molecule has 23 heavy (non-hydrogen) atoms. The molecule has 2 amide bonds. The van der Waals surface area contributed by atoms with E-state index in [1.165, 1.54) is 5.57 Å². The maximum atomic E-state index is 12.0. The van der Waals surface area contributed by atoms with Crippen LogP contribution >= 0.6 is 0 Å². The van der Waals surface area contributed by atoms with E-state index in [1.807, 2.05) is 24.4 Å². The largest absolute Gasteiger partial charge is 0.481 e. The van der Waals surface area contributed by atoms with Crippen molar-refractivity contribution in [2.75, 3.05) is 19.6 Å². The standard InChI is InChI=1S/C16H18N4O3/c21-14(22)3-7-18-16(23)20-8-4-11(5-9-20)13-10-19-15-12(13)2-1-6-17-15/h1-2,4,6,10H,3,5,7-9H2,(H,17,19)(H,18,23)(H,21,22). The molecule has 2 aromatic heterocycles. The fraction of sp³-hybridized carbons (Fsp3) is 0.312. The van der Waals surface area contributed by atoms with Crippen molar-refractivity contribution in [2.24, 2.45) is 0 Å². The number of aliphatic carboxylic acids is 1. The van der Waals surface area contributed by atoms with Gasteiger partial charge in [0.2, 0.25) is 0 Å². The molecule has 0 atom stereocenters. The first-order valence-corrected chi connectivity index (χ1v) is 7.51. The van der Waals surface area contributed by atoms with Crippen LogP contribution in [0.3, 0.4) is 0 Å². The molecule has 0 aromatic carbocycles. The van der Waals surface area contributed by atoms with Crippen molar-refractivity contribution in [1.29, 1.82) is 0 Å². The first kappa shape index (κ1) is 15.1. The van der Waals surface area contributed by atoms with Crippen LogP contribution in [0.1, 0.15) is 18.4 Å². The molecule has 3 rings (SSSR count). The van der Waals surface area contributed by atoms with Crippen molar-refractivity contribution in [3.8, 4) is 0 Å². The van der Waals surface area contributed by atoms with Gasteiger partial charge in [0.15, 0.2) is 0 Å². The molecule has 0 saturated heterocycles. The molecule has 7 nitrogen and oxygen atoms in total. The van der Waals surface area contributed by atoms with Crippen molar-refractivity contribution in [1.82, 2.24) is 20.2 Å². The molecule has 0 unspecified atom stereocenters. The Kier molecular flexibility index (Phi) is 4.27. The number of carboxylic acid groups (broad SMARTS) is 1. The number of urea groups is 1. The van der Waals surface area contributed by atoms with Crippen molar-refractivity contribution >= 4 is 28.6 Å². The lowest BCUT2D eigenvalue weighted by atomic mass is 10.00. The fourth-order valence-corrected chi connectivity index (χ4v) is 2.71. The summed E-state index contributed by atoms with van der Waals surface area (Å²) in [6.07, 6.45) is 6.43. The van der Waals surface area contributed by atoms with E-state index in [-0.39, 0.29) is 19.0 Å². The van der Waals surface area contributed by atoms with E-state index in [0.717, 1.165) is 23.0 Å². The third kappa shape index (κ3) is 3.33. The molecule has 0 spiro atoms. The van der Waals surface area contributed by atoms with Crippen LogP contribution in [0.4, 0.5) is 4.79 Å². The van der Waals surface area contributed by atoms with Crippen LogP contribution in [-0.4, -0.2) is 51.6 Å². The monoisotopic (exact) mass is 314 g/mol. The molecule has 0 fully saturated rings. The molecule has 1 aliphatic rings. The van der Waals surface area contributed by atoms with E-state index in [9.17, 15) is 9.59 Å². The summed E-state index contributed by atoms with van der Waals surface area (Å²) in [6.45, 7) is 1.27. The van der Waals surface area contributed by atoms with Gasteiger partial charge in [-0.25, -0.2) is 9.78 Å². The summed E-state index contributed by atoms with van der Waals surface area (Å²) < 4.78 is 0. The quantitative estimate of drug-likeness (QED) is 0.802. The lowest BCUT2D eigenvalue weighted by molar-refractivity contribution is -0.136. The summed E-state index contributed by atoms with van der Waals surface area (Å²) in [7, 11) is 0. The molecule has 1 aliphatic heterocycles. The molecule has 7 heteroatoms. The number of carbonyl (C=O) groups excluding carboxylic acids is 1. The normalized spacial score (nSPS) is 14.6. The maximum absolute atomic E-state index is 12.0. The second-order valence-electron chi connectivity index (χ2n) is 5.40. The second-order valence-corrected chi connectivity index (χ2v) is 5.40. The predicted molar refractivity (Wildman–Crippen MR) is 85.9 cm³/mol. The van der Waals surface area contributed by atoms with Gasteiger partial charge in [0, 0.05) is 43.0 Å². The summed E-state index contributed by atoms with van der Waals surface area (Å²) in [6, 6.07) is 3.72. The maximum Gasteiger partial charge on any atom is 0.317 e. The number of fused-ring (bicyclic) bond motifs is 1. The van der Waals surface area contributed by atoms with Gasteiger partial charge in [-0.1, -0.05) is 6.08 Å². The van der Waals surface area contributed by atoms with E-state index in [0.29, 0.717) is 13.1 Å². The van der Waals surface area contributed by atoms with E-state index in [1.54, 1.807) is 11.1 Å². The van der Waals surface area contributed by atoms with Gasteiger partial charge in [-0.2, -0.15) is 0 Å². The minimum atomic E-state index is -0.918. The number of carboxylic acids is 1. The zero-order chi connectivity index (χ0) is 16.2. The molecule has 0 radical (unpaired) electrons. The molecule has 3 heterocycles. The van der Waals surface area contributed by atoms with Crippen LogP contribution in [0.5, 0.6) is 0 Å². The van der Waals surface area contributed by atoms with Gasteiger partial charge in [0.05, 0.1) is 6.42 Å². The van der Waals surface area contributed by atoms with Crippen LogP contribution in [-0.2, 0) is 4.79 Å². The Labute approximate surface area is 133 Å². The molecule has 0 saturated carbocycles. The Morgan fingerprint density at radius 3 is 3.04 bits per heavy atom. The van der Waals surface area contributed by atoms with Crippen LogP contribution in [0.15, 0.2) is 30.6 Å². The summed E-state index contributed by atoms with van der Waals surface area (Å²) in [5.41, 5.74) is 3.18. The first-order chi connectivity index (χ1) is 11.1. The van der Waals surface area contributed by atoms with Gasteiger partial charge in [-0.3, -0.25) is 4.79 Å². The number of nitrogens with zero attached hydrogens (tertiary/aromatic N) is 2. The van der Waals surface area contributed by atoms with E-state index in [4.69, 9.17) is 5.11 Å². The highest BCUT2D eigenvalue weighted by Crippen LogP contribution is 2.28. The molecule has 120 valence electrons. The summed E-state index contributed by atoms with van der Waals surface area (Å²) in [4.78, 5) is 31.5. The van der Waals surface area contributed by atoms with Crippen LogP contribution in [0.25, 0.3) is 16.6 Å². The van der Waals surface area contributed by atoms with Gasteiger partial charge in [0.1, 0.15) is 5.65 Å². The highest BCUT2D eigenvalue weighted by atomic mass is 16.4. The van der Waals surface area contributed by atoms with Crippen molar-refractivity contribution in [2.45, 2.75) is 12.8 Å². The zero-order valence-corrected chi connectivity index (χ0v) is 12.6. The molecular weight excluding hydrogens is 296 g/mol. The number of nitrogens with one attached hydrogen (secondary N) is 2. The minimum absolute atomic E-state index is 0.0665. The molecule has 2 aromatic rings. The number of carbonyl (C=O) groups is 2. The first-order valence-electron chi connectivity index (χ1n) is 7.51. The van der Waals surface area contributed by atoms with E-state index in [2.05, 4.69) is 15.3 Å².